The number of rotatable bonds is 7. The number of nitrogens with one attached hydrogen (secondary N) is 2. The SMILES string of the molecule is CC(C)CNCC(=O)Nc1cc(F)c2c(c1O)C(O)=C1C(=O)[C@]3(O)C(O)=C(C(N)=O)C(=O)[C@@H](N(C)C)[C@@H]3C[C@@H]1C2. The quantitative estimate of drug-likeness (QED) is 0.179. The molecular formula is C27H33FN4O8. The van der Waals surface area contributed by atoms with Gasteiger partial charge in [0.15, 0.2) is 17.1 Å². The van der Waals surface area contributed by atoms with Gasteiger partial charge in [0.2, 0.25) is 11.7 Å². The van der Waals surface area contributed by atoms with E-state index in [2.05, 4.69) is 10.6 Å². The van der Waals surface area contributed by atoms with Gasteiger partial charge >= 0.3 is 0 Å². The Morgan fingerprint density at radius 2 is 1.88 bits per heavy atom. The molecule has 4 atom stereocenters. The highest BCUT2D eigenvalue weighted by molar-refractivity contribution is 6.24. The number of halogens is 1. The van der Waals surface area contributed by atoms with E-state index in [1.165, 1.54) is 19.0 Å². The fourth-order valence-electron chi connectivity index (χ4n) is 6.03. The van der Waals surface area contributed by atoms with Crippen molar-refractivity contribution in [3.8, 4) is 5.75 Å². The Bertz CT molecular complexity index is 1380. The molecule has 0 radical (unpaired) electrons. The molecule has 0 aromatic heterocycles. The Balaban J connectivity index is 1.81. The number of anilines is 1. The molecule has 0 saturated heterocycles. The molecule has 216 valence electrons. The number of ketones is 2. The van der Waals surface area contributed by atoms with Crippen molar-refractivity contribution in [1.29, 1.82) is 0 Å². The van der Waals surface area contributed by atoms with E-state index in [9.17, 15) is 39.6 Å². The number of aromatic hydroxyl groups is 1. The number of phenolic OH excluding ortho intramolecular Hbond substituents is 1. The summed E-state index contributed by atoms with van der Waals surface area (Å²) in [5.41, 5.74) is 0.258. The number of phenols is 1. The van der Waals surface area contributed by atoms with Crippen molar-refractivity contribution in [1.82, 2.24) is 10.2 Å². The third kappa shape index (κ3) is 4.43. The van der Waals surface area contributed by atoms with E-state index >= 15 is 4.39 Å². The number of carbonyl (C=O) groups excluding carboxylic acids is 4. The highest BCUT2D eigenvalue weighted by atomic mass is 19.1. The Hall–Kier alpha value is -3.81. The molecule has 2 amide bonds. The first-order valence-electron chi connectivity index (χ1n) is 12.8. The number of likely N-dealkylation sites (N-methyl/N-ethyl adjacent to an activating group) is 1. The summed E-state index contributed by atoms with van der Waals surface area (Å²) in [5.74, 6) is -9.53. The lowest BCUT2D eigenvalue weighted by Crippen LogP contribution is -2.65. The maximum atomic E-state index is 15.3. The van der Waals surface area contributed by atoms with Gasteiger partial charge in [0.25, 0.3) is 5.91 Å². The first-order valence-corrected chi connectivity index (χ1v) is 12.8. The van der Waals surface area contributed by atoms with Crippen LogP contribution in [-0.4, -0.2) is 87.5 Å². The Morgan fingerprint density at radius 3 is 2.45 bits per heavy atom. The number of hydrogen-bond donors (Lipinski definition) is 7. The minimum absolute atomic E-state index is 0.126. The second-order valence-corrected chi connectivity index (χ2v) is 11.1. The third-order valence-corrected chi connectivity index (χ3v) is 7.78. The number of aliphatic hydroxyl groups excluding tert-OH is 2. The first kappa shape index (κ1) is 29.2. The zero-order chi connectivity index (χ0) is 29.8. The molecule has 3 aliphatic carbocycles. The van der Waals surface area contributed by atoms with E-state index in [0.717, 1.165) is 6.07 Å². The summed E-state index contributed by atoms with van der Waals surface area (Å²) < 4.78 is 15.3. The van der Waals surface area contributed by atoms with Crippen LogP contribution < -0.4 is 16.4 Å². The zero-order valence-corrected chi connectivity index (χ0v) is 22.5. The maximum Gasteiger partial charge on any atom is 0.255 e. The van der Waals surface area contributed by atoms with Crippen LogP contribution in [0.1, 0.15) is 31.4 Å². The minimum atomic E-state index is -2.80. The standard InChI is InChI=1S/C27H33FN4O8/c1-10(2)8-30-9-16(33)31-15-7-14(28)12-5-11-6-13-20(32(3)4)23(36)19(26(29)39)25(38)27(13,40)24(37)17(11)22(35)18(12)21(15)34/h7,10-11,13,20,30,34-35,38,40H,5-6,8-9H2,1-4H3,(H2,29,39)(H,31,33)/t11-,13-,20-,27-/m0/s1. The highest BCUT2D eigenvalue weighted by Crippen LogP contribution is 2.53. The summed E-state index contributed by atoms with van der Waals surface area (Å²) in [6.07, 6.45) is -0.357. The lowest BCUT2D eigenvalue weighted by Gasteiger charge is -2.50. The van der Waals surface area contributed by atoms with Gasteiger partial charge in [0, 0.05) is 23.1 Å². The van der Waals surface area contributed by atoms with Crippen LogP contribution in [0, 0.1) is 23.6 Å². The van der Waals surface area contributed by atoms with Gasteiger partial charge in [-0.1, -0.05) is 13.8 Å². The molecule has 1 aromatic rings. The summed E-state index contributed by atoms with van der Waals surface area (Å²) in [7, 11) is 2.97. The van der Waals surface area contributed by atoms with E-state index in [4.69, 9.17) is 5.73 Å². The van der Waals surface area contributed by atoms with Gasteiger partial charge in [0.05, 0.1) is 23.8 Å². The summed E-state index contributed by atoms with van der Waals surface area (Å²) in [6, 6.07) is -0.327. The molecule has 0 aliphatic heterocycles. The number of carbonyl (C=O) groups is 4. The van der Waals surface area contributed by atoms with E-state index in [0.29, 0.717) is 6.54 Å². The van der Waals surface area contributed by atoms with Gasteiger partial charge in [-0.15, -0.1) is 0 Å². The van der Waals surface area contributed by atoms with E-state index in [1.54, 1.807) is 0 Å². The highest BCUT2D eigenvalue weighted by Gasteiger charge is 2.64. The molecule has 13 heteroatoms. The van der Waals surface area contributed by atoms with Crippen molar-refractivity contribution in [2.45, 2.75) is 38.3 Å². The van der Waals surface area contributed by atoms with Crippen LogP contribution in [0.2, 0.25) is 0 Å². The average molecular weight is 561 g/mol. The van der Waals surface area contributed by atoms with E-state index in [-0.39, 0.29) is 36.6 Å². The van der Waals surface area contributed by atoms with Gasteiger partial charge in [-0.2, -0.15) is 0 Å². The van der Waals surface area contributed by atoms with Crippen molar-refractivity contribution in [2.75, 3.05) is 32.5 Å². The number of primary amides is 1. The molecule has 40 heavy (non-hydrogen) atoms. The average Bonchev–Trinajstić information content (AvgIpc) is 2.83. The first-order chi connectivity index (χ1) is 18.6. The van der Waals surface area contributed by atoms with Gasteiger partial charge < -0.3 is 36.8 Å². The molecule has 0 bridgehead atoms. The predicted molar refractivity (Wildman–Crippen MR) is 141 cm³/mol. The Morgan fingerprint density at radius 1 is 1.23 bits per heavy atom. The zero-order valence-electron chi connectivity index (χ0n) is 22.5. The van der Waals surface area contributed by atoms with Crippen LogP contribution in [0.5, 0.6) is 5.75 Å². The molecule has 1 aromatic carbocycles. The monoisotopic (exact) mass is 560 g/mol. The molecule has 1 saturated carbocycles. The fraction of sp³-hybridized carbons (Fsp3) is 0.481. The van der Waals surface area contributed by atoms with Crippen LogP contribution >= 0.6 is 0 Å². The van der Waals surface area contributed by atoms with Crippen LogP contribution in [-0.2, 0) is 25.6 Å². The van der Waals surface area contributed by atoms with Gasteiger partial charge in [0.1, 0.15) is 22.9 Å². The number of aliphatic hydroxyl groups is 3. The van der Waals surface area contributed by atoms with Gasteiger partial charge in [-0.05, 0) is 45.3 Å². The molecule has 0 heterocycles. The molecule has 3 aliphatic rings. The predicted octanol–water partition coefficient (Wildman–Crippen LogP) is 0.287. The van der Waals surface area contributed by atoms with Crippen molar-refractivity contribution >= 4 is 34.8 Å². The molecule has 4 rings (SSSR count). The van der Waals surface area contributed by atoms with Crippen LogP contribution in [0.3, 0.4) is 0 Å². The largest absolute Gasteiger partial charge is 0.508 e. The number of nitrogens with zero attached hydrogens (tertiary/aromatic N) is 1. The Labute approximate surface area is 229 Å². The van der Waals surface area contributed by atoms with Gasteiger partial charge in [-0.3, -0.25) is 24.1 Å². The molecule has 0 unspecified atom stereocenters. The second-order valence-electron chi connectivity index (χ2n) is 11.1. The summed E-state index contributed by atoms with van der Waals surface area (Å²) in [6.45, 7) is 4.30. The van der Waals surface area contributed by atoms with Crippen LogP contribution in [0.25, 0.3) is 5.76 Å². The number of amides is 2. The normalized spacial score (nSPS) is 26.1. The third-order valence-electron chi connectivity index (χ3n) is 7.78. The number of nitrogens with two attached hydrogens (primary N) is 1. The molecule has 12 nitrogen and oxygen atoms in total. The molecule has 0 spiro atoms. The summed E-state index contributed by atoms with van der Waals surface area (Å²) >= 11 is 0. The maximum absolute atomic E-state index is 15.3. The number of Topliss-reactive ketones (excluding diaryl/α,β-unsaturated/α-hetero) is 2. The van der Waals surface area contributed by atoms with Crippen molar-refractivity contribution in [2.24, 2.45) is 23.5 Å². The lowest BCUT2D eigenvalue weighted by atomic mass is 9.57. The Kier molecular flexibility index (Phi) is 7.52. The number of hydrogen-bond acceptors (Lipinski definition) is 10. The second kappa shape index (κ2) is 10.3. The van der Waals surface area contributed by atoms with Crippen LogP contribution in [0.4, 0.5) is 10.1 Å². The van der Waals surface area contributed by atoms with Crippen molar-refractivity contribution in [3.05, 3.63) is 39.9 Å². The fourth-order valence-corrected chi connectivity index (χ4v) is 6.03. The van der Waals surface area contributed by atoms with E-state index < -0.39 is 86.7 Å². The van der Waals surface area contributed by atoms with E-state index in [1.807, 2.05) is 13.8 Å². The van der Waals surface area contributed by atoms with Crippen molar-refractivity contribution < 1.29 is 44.0 Å². The summed E-state index contributed by atoms with van der Waals surface area (Å²) in [4.78, 5) is 52.7. The molecule has 1 fully saturated rings. The minimum Gasteiger partial charge on any atom is -0.508 e. The van der Waals surface area contributed by atoms with Gasteiger partial charge in [-0.25, -0.2) is 4.39 Å². The number of fused-ring (bicyclic) bond motifs is 3. The smallest absolute Gasteiger partial charge is 0.255 e. The number of benzene rings is 1. The van der Waals surface area contributed by atoms with Crippen molar-refractivity contribution in [3.63, 3.8) is 0 Å². The topological polar surface area (TPSA) is 203 Å². The summed E-state index contributed by atoms with van der Waals surface area (Å²) in [5, 5.41) is 49.9. The molecule has 8 N–H and O–H groups in total. The lowest BCUT2D eigenvalue weighted by molar-refractivity contribution is -0.153. The van der Waals surface area contributed by atoms with Crippen LogP contribution in [0.15, 0.2) is 23.0 Å². The molecular weight excluding hydrogens is 527 g/mol.